The average Bonchev–Trinajstić information content (AvgIpc) is 3.38. The van der Waals surface area contributed by atoms with Gasteiger partial charge in [0.25, 0.3) is 5.91 Å². The summed E-state index contributed by atoms with van der Waals surface area (Å²) < 4.78 is 13.3. The number of carbonyl (C=O) groups is 1. The molecule has 2 aliphatic rings. The summed E-state index contributed by atoms with van der Waals surface area (Å²) in [6.07, 6.45) is 6.13. The molecule has 0 saturated carbocycles. The summed E-state index contributed by atoms with van der Waals surface area (Å²) >= 11 is 6.26. The SMILES string of the molecule is CCOc1cc([C@H](C)N2CCc3c(CN4CCOCC4)cc(Cn4ccnc4NC)cc3C2=O)ncc1Cl. The number of anilines is 1. The van der Waals surface area contributed by atoms with Gasteiger partial charge in [0.05, 0.1) is 38.1 Å². The molecule has 1 atom stereocenters. The summed E-state index contributed by atoms with van der Waals surface area (Å²) in [7, 11) is 1.86. The van der Waals surface area contributed by atoms with Crippen LogP contribution in [0, 0.1) is 0 Å². The lowest BCUT2D eigenvalue weighted by atomic mass is 9.90. The van der Waals surface area contributed by atoms with Gasteiger partial charge in [-0.1, -0.05) is 17.7 Å². The third-order valence-corrected chi connectivity index (χ3v) is 7.61. The fourth-order valence-corrected chi connectivity index (χ4v) is 5.48. The summed E-state index contributed by atoms with van der Waals surface area (Å²) in [6.45, 7) is 9.77. The molecule has 0 bridgehead atoms. The van der Waals surface area contributed by atoms with E-state index in [1.165, 1.54) is 5.56 Å². The third kappa shape index (κ3) is 5.50. The first-order valence-electron chi connectivity index (χ1n) is 13.2. The van der Waals surface area contributed by atoms with Crippen molar-refractivity contribution < 1.29 is 14.3 Å². The Morgan fingerprint density at radius 3 is 2.74 bits per heavy atom. The minimum atomic E-state index is -0.219. The van der Waals surface area contributed by atoms with Gasteiger partial charge < -0.3 is 24.3 Å². The number of benzene rings is 1. The first-order valence-corrected chi connectivity index (χ1v) is 13.6. The number of amides is 1. The molecule has 10 heteroatoms. The van der Waals surface area contributed by atoms with Crippen molar-refractivity contribution in [2.24, 2.45) is 0 Å². The van der Waals surface area contributed by atoms with Gasteiger partial charge in [0.2, 0.25) is 5.95 Å². The van der Waals surface area contributed by atoms with Crippen LogP contribution in [-0.4, -0.2) is 76.7 Å². The van der Waals surface area contributed by atoms with E-state index in [9.17, 15) is 4.79 Å². The molecule has 38 heavy (non-hydrogen) atoms. The van der Waals surface area contributed by atoms with Crippen molar-refractivity contribution in [1.29, 1.82) is 0 Å². The molecule has 0 spiro atoms. The van der Waals surface area contributed by atoms with E-state index in [1.807, 2.05) is 38.1 Å². The maximum absolute atomic E-state index is 14.0. The lowest BCUT2D eigenvalue weighted by molar-refractivity contribution is 0.0339. The number of hydrogen-bond donors (Lipinski definition) is 1. The molecule has 3 aromatic rings. The van der Waals surface area contributed by atoms with Gasteiger partial charge in [-0.3, -0.25) is 14.7 Å². The molecule has 1 saturated heterocycles. The zero-order chi connectivity index (χ0) is 26.6. The average molecular weight is 539 g/mol. The van der Waals surface area contributed by atoms with Crippen LogP contribution in [0.4, 0.5) is 5.95 Å². The minimum absolute atomic E-state index is 0.0259. The van der Waals surface area contributed by atoms with E-state index in [4.69, 9.17) is 21.1 Å². The van der Waals surface area contributed by atoms with E-state index in [1.54, 1.807) is 12.4 Å². The number of nitrogens with zero attached hydrogens (tertiary/aromatic N) is 5. The molecule has 1 fully saturated rings. The number of nitrogens with one attached hydrogen (secondary N) is 1. The van der Waals surface area contributed by atoms with Crippen LogP contribution in [0.25, 0.3) is 0 Å². The number of pyridine rings is 1. The van der Waals surface area contributed by atoms with E-state index in [-0.39, 0.29) is 11.9 Å². The Balaban J connectivity index is 1.47. The standard InChI is InChI=1S/C28H35ClN6O3/c1-4-38-26-15-25(32-16-24(26)29)19(2)35-7-5-22-21(18-33-9-11-37-12-10-33)13-20(14-23(22)27(35)36)17-34-8-6-31-28(34)30-3/h6,8,13-16,19H,4-5,7,9-12,17-18H2,1-3H3,(H,30,31)/t19-/m0/s1. The van der Waals surface area contributed by atoms with Crippen LogP contribution in [0.5, 0.6) is 5.75 Å². The Hall–Kier alpha value is -3.14. The molecular weight excluding hydrogens is 504 g/mol. The lowest BCUT2D eigenvalue weighted by Gasteiger charge is -2.35. The smallest absolute Gasteiger partial charge is 0.254 e. The number of carbonyl (C=O) groups excluding carboxylic acids is 1. The third-order valence-electron chi connectivity index (χ3n) is 7.32. The highest BCUT2D eigenvalue weighted by molar-refractivity contribution is 6.31. The van der Waals surface area contributed by atoms with Crippen molar-refractivity contribution in [2.75, 3.05) is 51.8 Å². The van der Waals surface area contributed by atoms with Crippen molar-refractivity contribution in [2.45, 2.75) is 39.4 Å². The van der Waals surface area contributed by atoms with Gasteiger partial charge in [-0.25, -0.2) is 4.98 Å². The normalized spacial score (nSPS) is 16.8. The lowest BCUT2D eigenvalue weighted by Crippen LogP contribution is -2.41. The highest BCUT2D eigenvalue weighted by atomic mass is 35.5. The maximum atomic E-state index is 14.0. The van der Waals surface area contributed by atoms with Crippen molar-refractivity contribution in [1.82, 2.24) is 24.3 Å². The van der Waals surface area contributed by atoms with Gasteiger partial charge in [-0.15, -0.1) is 0 Å². The Bertz CT molecular complexity index is 1290. The van der Waals surface area contributed by atoms with Gasteiger partial charge in [0, 0.05) is 63.4 Å². The van der Waals surface area contributed by atoms with Gasteiger partial charge in [0.15, 0.2) is 0 Å². The summed E-state index contributed by atoms with van der Waals surface area (Å²) in [5.41, 5.74) is 4.97. The summed E-state index contributed by atoms with van der Waals surface area (Å²) in [5, 5.41) is 3.60. The molecule has 2 aliphatic heterocycles. The van der Waals surface area contributed by atoms with Crippen LogP contribution in [0.15, 0.2) is 36.8 Å². The van der Waals surface area contributed by atoms with Crippen molar-refractivity contribution in [3.63, 3.8) is 0 Å². The fourth-order valence-electron chi connectivity index (χ4n) is 5.33. The second kappa shape index (κ2) is 11.7. The molecule has 4 heterocycles. The Morgan fingerprint density at radius 1 is 1.16 bits per heavy atom. The van der Waals surface area contributed by atoms with E-state index in [2.05, 4.69) is 36.9 Å². The minimum Gasteiger partial charge on any atom is -0.492 e. The number of morpholine rings is 1. The quantitative estimate of drug-likeness (QED) is 0.440. The van der Waals surface area contributed by atoms with E-state index in [0.29, 0.717) is 30.5 Å². The molecule has 0 aliphatic carbocycles. The first kappa shape index (κ1) is 26.5. The van der Waals surface area contributed by atoms with Gasteiger partial charge in [-0.05, 0) is 43.0 Å². The monoisotopic (exact) mass is 538 g/mol. The van der Waals surface area contributed by atoms with E-state index in [0.717, 1.165) is 67.6 Å². The fraction of sp³-hybridized carbons (Fsp3) is 0.464. The maximum Gasteiger partial charge on any atom is 0.254 e. The second-order valence-corrected chi connectivity index (χ2v) is 10.1. The largest absolute Gasteiger partial charge is 0.492 e. The van der Waals surface area contributed by atoms with Crippen LogP contribution in [0.2, 0.25) is 5.02 Å². The predicted molar refractivity (Wildman–Crippen MR) is 147 cm³/mol. The molecule has 1 amide bonds. The summed E-state index contributed by atoms with van der Waals surface area (Å²) in [5.74, 6) is 1.41. The zero-order valence-electron chi connectivity index (χ0n) is 22.2. The number of fused-ring (bicyclic) bond motifs is 1. The van der Waals surface area contributed by atoms with Gasteiger partial charge >= 0.3 is 0 Å². The number of hydrogen-bond acceptors (Lipinski definition) is 7. The molecule has 9 nitrogen and oxygen atoms in total. The first-order chi connectivity index (χ1) is 18.5. The number of aromatic nitrogens is 3. The predicted octanol–water partition coefficient (Wildman–Crippen LogP) is 4.01. The van der Waals surface area contributed by atoms with E-state index >= 15 is 0 Å². The number of rotatable bonds is 9. The molecule has 0 radical (unpaired) electrons. The highest BCUT2D eigenvalue weighted by Crippen LogP contribution is 2.33. The Kier molecular flexibility index (Phi) is 8.16. The Labute approximate surface area is 228 Å². The molecule has 2 aromatic heterocycles. The van der Waals surface area contributed by atoms with Crippen molar-refractivity contribution in [3.8, 4) is 5.75 Å². The van der Waals surface area contributed by atoms with Crippen molar-refractivity contribution >= 4 is 23.5 Å². The van der Waals surface area contributed by atoms with Crippen LogP contribution in [-0.2, 0) is 24.2 Å². The molecule has 0 unspecified atom stereocenters. The van der Waals surface area contributed by atoms with Crippen molar-refractivity contribution in [3.05, 3.63) is 69.8 Å². The molecule has 1 aromatic carbocycles. The number of imidazole rings is 1. The van der Waals surface area contributed by atoms with Crippen LogP contribution in [0.1, 0.15) is 52.6 Å². The molecule has 202 valence electrons. The highest BCUT2D eigenvalue weighted by Gasteiger charge is 2.32. The summed E-state index contributed by atoms with van der Waals surface area (Å²) in [6, 6.07) is 5.94. The van der Waals surface area contributed by atoms with Gasteiger partial charge in [0.1, 0.15) is 10.8 Å². The summed E-state index contributed by atoms with van der Waals surface area (Å²) in [4.78, 5) is 27.2. The second-order valence-electron chi connectivity index (χ2n) is 9.70. The topological polar surface area (TPSA) is 84.8 Å². The number of halogens is 1. The van der Waals surface area contributed by atoms with Crippen LogP contribution in [0.3, 0.4) is 0 Å². The van der Waals surface area contributed by atoms with Crippen LogP contribution >= 0.6 is 11.6 Å². The molecular formula is C28H35ClN6O3. The molecule has 5 rings (SSSR count). The number of ether oxygens (including phenoxy) is 2. The van der Waals surface area contributed by atoms with Crippen LogP contribution < -0.4 is 10.1 Å². The Morgan fingerprint density at radius 2 is 1.97 bits per heavy atom. The zero-order valence-corrected chi connectivity index (χ0v) is 23.0. The van der Waals surface area contributed by atoms with Gasteiger partial charge in [-0.2, -0.15) is 0 Å². The van der Waals surface area contributed by atoms with E-state index < -0.39 is 0 Å². The molecule has 1 N–H and O–H groups in total.